The lowest BCUT2D eigenvalue weighted by molar-refractivity contribution is 0.0958. The second-order valence-electron chi connectivity index (χ2n) is 12.4. The molecule has 1 aromatic heterocycles. The van der Waals surface area contributed by atoms with E-state index in [2.05, 4.69) is 126 Å². The van der Waals surface area contributed by atoms with Gasteiger partial charge >= 0.3 is 0 Å². The minimum atomic E-state index is -0.415. The van der Waals surface area contributed by atoms with Crippen molar-refractivity contribution in [2.24, 2.45) is 5.92 Å². The number of imidazole rings is 1. The minimum Gasteiger partial charge on any atom is -0.497 e. The highest BCUT2D eigenvalue weighted by atomic mass is 16.5. The van der Waals surface area contributed by atoms with Gasteiger partial charge in [0.25, 0.3) is 0 Å². The van der Waals surface area contributed by atoms with Crippen molar-refractivity contribution in [1.82, 2.24) is 9.55 Å². The van der Waals surface area contributed by atoms with Crippen LogP contribution in [0.2, 0.25) is 0 Å². The van der Waals surface area contributed by atoms with Crippen LogP contribution in [0, 0.1) is 5.92 Å². The largest absolute Gasteiger partial charge is 0.497 e. The number of rotatable bonds is 15. The summed E-state index contributed by atoms with van der Waals surface area (Å²) in [5.41, 5.74) is 6.12. The standard InChI is InChI=1S/C43H42N2O3/c1-47-40-27-35(28-41(29-40)48-2)42(46)26-34(25-33-15-7-3-8-16-33)23-24-39-30-45(32-44-39)31-43(36-17-9-4-10-18-36,37-19-11-5-12-20-37)38-21-13-6-14-22-38/h3-22,27-30,32,34H,23-26,31H2,1-2H3. The molecule has 0 aliphatic heterocycles. The van der Waals surface area contributed by atoms with Crippen LogP contribution in [-0.2, 0) is 24.8 Å². The first-order chi connectivity index (χ1) is 23.6. The Balaban J connectivity index is 1.26. The SMILES string of the molecule is COc1cc(OC)cc(C(=O)CC(CCc2cn(CC(c3ccccc3)(c3ccccc3)c3ccccc3)cn2)Cc2ccccc2)c1. The van der Waals surface area contributed by atoms with Crippen LogP contribution in [-0.4, -0.2) is 29.6 Å². The van der Waals surface area contributed by atoms with Gasteiger partial charge in [-0.05, 0) is 59.6 Å². The zero-order chi connectivity index (χ0) is 33.2. The highest BCUT2D eigenvalue weighted by molar-refractivity contribution is 5.97. The number of ketones is 1. The molecule has 0 saturated heterocycles. The predicted molar refractivity (Wildman–Crippen MR) is 192 cm³/mol. The van der Waals surface area contributed by atoms with Crippen molar-refractivity contribution in [2.75, 3.05) is 14.2 Å². The van der Waals surface area contributed by atoms with Crippen LogP contribution in [0.15, 0.2) is 152 Å². The van der Waals surface area contributed by atoms with E-state index in [-0.39, 0.29) is 11.7 Å². The molecule has 5 aromatic carbocycles. The normalized spacial score (nSPS) is 12.0. The number of aryl methyl sites for hydroxylation is 1. The van der Waals surface area contributed by atoms with E-state index in [1.807, 2.05) is 12.4 Å². The van der Waals surface area contributed by atoms with Crippen molar-refractivity contribution in [3.05, 3.63) is 186 Å². The molecule has 5 nitrogen and oxygen atoms in total. The topological polar surface area (TPSA) is 53.4 Å². The van der Waals surface area contributed by atoms with E-state index in [9.17, 15) is 4.79 Å². The number of nitrogens with zero attached hydrogens (tertiary/aromatic N) is 2. The van der Waals surface area contributed by atoms with Crippen molar-refractivity contribution in [3.63, 3.8) is 0 Å². The van der Waals surface area contributed by atoms with Gasteiger partial charge in [0.1, 0.15) is 11.5 Å². The fraction of sp³-hybridized carbons (Fsp3) is 0.209. The van der Waals surface area contributed by atoms with Crippen LogP contribution in [0.4, 0.5) is 0 Å². The van der Waals surface area contributed by atoms with Gasteiger partial charge in [0.15, 0.2) is 5.78 Å². The molecular formula is C43H42N2O3. The average molecular weight is 635 g/mol. The minimum absolute atomic E-state index is 0.0806. The summed E-state index contributed by atoms with van der Waals surface area (Å²) in [6.45, 7) is 0.696. The maximum absolute atomic E-state index is 13.6. The molecule has 0 aliphatic rings. The number of hydrogen-bond donors (Lipinski definition) is 0. The summed E-state index contributed by atoms with van der Waals surface area (Å²) in [6, 6.07) is 48.0. The van der Waals surface area contributed by atoms with E-state index < -0.39 is 5.41 Å². The quantitative estimate of drug-likeness (QED) is 0.0836. The number of carbonyl (C=O) groups is 1. The Hall–Kier alpha value is -5.42. The molecule has 0 fully saturated rings. The summed E-state index contributed by atoms with van der Waals surface area (Å²) in [5.74, 6) is 1.44. The third kappa shape index (κ3) is 7.58. The summed E-state index contributed by atoms with van der Waals surface area (Å²) < 4.78 is 13.1. The molecule has 0 radical (unpaired) electrons. The first kappa shape index (κ1) is 32.5. The van der Waals surface area contributed by atoms with Gasteiger partial charge in [0.05, 0.1) is 31.7 Å². The van der Waals surface area contributed by atoms with Crippen LogP contribution in [0.1, 0.15) is 51.1 Å². The van der Waals surface area contributed by atoms with E-state index in [0.717, 1.165) is 25.0 Å². The van der Waals surface area contributed by atoms with Gasteiger partial charge in [-0.25, -0.2) is 4.98 Å². The first-order valence-corrected chi connectivity index (χ1v) is 16.5. The Morgan fingerprint density at radius 3 is 1.71 bits per heavy atom. The molecule has 1 heterocycles. The van der Waals surface area contributed by atoms with Crippen LogP contribution >= 0.6 is 0 Å². The first-order valence-electron chi connectivity index (χ1n) is 16.5. The lowest BCUT2D eigenvalue weighted by Crippen LogP contribution is -2.34. The van der Waals surface area contributed by atoms with Gasteiger partial charge in [0.2, 0.25) is 0 Å². The second kappa shape index (κ2) is 15.4. The average Bonchev–Trinajstić information content (AvgIpc) is 3.61. The number of methoxy groups -OCH3 is 2. The van der Waals surface area contributed by atoms with Gasteiger partial charge in [-0.15, -0.1) is 0 Å². The summed E-state index contributed by atoms with van der Waals surface area (Å²) in [5, 5.41) is 0. The molecule has 0 bridgehead atoms. The van der Waals surface area contributed by atoms with Gasteiger partial charge in [0, 0.05) is 30.8 Å². The zero-order valence-corrected chi connectivity index (χ0v) is 27.7. The van der Waals surface area contributed by atoms with Gasteiger partial charge in [-0.1, -0.05) is 121 Å². The Kier molecular flexibility index (Phi) is 10.5. The highest BCUT2D eigenvalue weighted by Gasteiger charge is 2.36. The second-order valence-corrected chi connectivity index (χ2v) is 12.4. The summed E-state index contributed by atoms with van der Waals surface area (Å²) in [4.78, 5) is 18.5. The number of aromatic nitrogens is 2. The van der Waals surface area contributed by atoms with Crippen LogP contribution < -0.4 is 9.47 Å². The van der Waals surface area contributed by atoms with Crippen molar-refractivity contribution in [1.29, 1.82) is 0 Å². The molecule has 5 heteroatoms. The van der Waals surface area contributed by atoms with E-state index in [4.69, 9.17) is 14.5 Å². The van der Waals surface area contributed by atoms with Crippen LogP contribution in [0.5, 0.6) is 11.5 Å². The van der Waals surface area contributed by atoms with E-state index in [0.29, 0.717) is 30.0 Å². The summed E-state index contributed by atoms with van der Waals surface area (Å²) in [6.07, 6.45) is 6.98. The lowest BCUT2D eigenvalue weighted by Gasteiger charge is -2.36. The molecule has 1 unspecified atom stereocenters. The van der Waals surface area contributed by atoms with Gasteiger partial charge < -0.3 is 14.0 Å². The highest BCUT2D eigenvalue weighted by Crippen LogP contribution is 2.41. The Labute approximate surface area is 283 Å². The summed E-state index contributed by atoms with van der Waals surface area (Å²) >= 11 is 0. The van der Waals surface area contributed by atoms with Gasteiger partial charge in [-0.3, -0.25) is 4.79 Å². The molecule has 6 rings (SSSR count). The summed E-state index contributed by atoms with van der Waals surface area (Å²) in [7, 11) is 3.20. The van der Waals surface area contributed by atoms with Crippen molar-refractivity contribution in [3.8, 4) is 11.5 Å². The predicted octanol–water partition coefficient (Wildman–Crippen LogP) is 9.00. The Morgan fingerprint density at radius 1 is 0.708 bits per heavy atom. The van der Waals surface area contributed by atoms with Crippen LogP contribution in [0.3, 0.4) is 0 Å². The molecular weight excluding hydrogens is 592 g/mol. The van der Waals surface area contributed by atoms with Crippen molar-refractivity contribution >= 4 is 5.78 Å². The Morgan fingerprint density at radius 2 is 1.21 bits per heavy atom. The molecule has 0 spiro atoms. The number of hydrogen-bond acceptors (Lipinski definition) is 4. The maximum Gasteiger partial charge on any atom is 0.163 e. The van der Waals surface area contributed by atoms with Crippen molar-refractivity contribution < 1.29 is 14.3 Å². The molecule has 6 aromatic rings. The molecule has 0 amide bonds. The molecule has 0 saturated carbocycles. The molecule has 1 atom stereocenters. The number of Topliss-reactive ketones (excluding diaryl/α,β-unsaturated/α-hetero) is 1. The fourth-order valence-corrected chi connectivity index (χ4v) is 6.76. The molecule has 0 N–H and O–H groups in total. The van der Waals surface area contributed by atoms with E-state index in [1.54, 1.807) is 32.4 Å². The zero-order valence-electron chi connectivity index (χ0n) is 27.7. The van der Waals surface area contributed by atoms with Gasteiger partial charge in [-0.2, -0.15) is 0 Å². The number of carbonyl (C=O) groups excluding carboxylic acids is 1. The van der Waals surface area contributed by atoms with E-state index in [1.165, 1.54) is 22.3 Å². The Bertz CT molecular complexity index is 1770. The molecule has 0 aliphatic carbocycles. The van der Waals surface area contributed by atoms with Crippen LogP contribution in [0.25, 0.3) is 0 Å². The maximum atomic E-state index is 13.6. The fourth-order valence-electron chi connectivity index (χ4n) is 6.76. The smallest absolute Gasteiger partial charge is 0.163 e. The molecule has 48 heavy (non-hydrogen) atoms. The third-order valence-electron chi connectivity index (χ3n) is 9.23. The number of benzene rings is 5. The van der Waals surface area contributed by atoms with E-state index >= 15 is 0 Å². The lowest BCUT2D eigenvalue weighted by atomic mass is 9.69. The van der Waals surface area contributed by atoms with Crippen molar-refractivity contribution in [2.45, 2.75) is 37.6 Å². The number of ether oxygens (including phenoxy) is 2. The molecule has 242 valence electrons. The monoisotopic (exact) mass is 634 g/mol. The third-order valence-corrected chi connectivity index (χ3v) is 9.23.